The fraction of sp³-hybridized carbons (Fsp3) is 0.474. The normalized spacial score (nSPS) is 21.1. The van der Waals surface area contributed by atoms with E-state index in [0.717, 1.165) is 18.6 Å². The van der Waals surface area contributed by atoms with Gasteiger partial charge in [-0.3, -0.25) is 4.99 Å². The van der Waals surface area contributed by atoms with Gasteiger partial charge in [-0.25, -0.2) is 9.18 Å². The molecule has 144 valence electrons. The van der Waals surface area contributed by atoms with E-state index in [-0.39, 0.29) is 18.5 Å². The van der Waals surface area contributed by atoms with Crippen molar-refractivity contribution in [2.24, 2.45) is 4.99 Å². The highest BCUT2D eigenvalue weighted by atomic mass is 32.2. The van der Waals surface area contributed by atoms with Gasteiger partial charge in [-0.15, -0.1) is 11.8 Å². The third-order valence-electron chi connectivity index (χ3n) is 5.03. The summed E-state index contributed by atoms with van der Waals surface area (Å²) in [7, 11) is 0. The van der Waals surface area contributed by atoms with Gasteiger partial charge in [0.1, 0.15) is 5.82 Å². The third kappa shape index (κ3) is 4.11. The molecule has 2 aromatic rings. The number of hydrogen-bond acceptors (Lipinski definition) is 5. The average molecular weight is 391 g/mol. The third-order valence-corrected chi connectivity index (χ3v) is 5.87. The predicted molar refractivity (Wildman–Crippen MR) is 105 cm³/mol. The molecule has 0 bridgehead atoms. The van der Waals surface area contributed by atoms with Crippen LogP contribution in [0.4, 0.5) is 10.1 Å². The Morgan fingerprint density at radius 2 is 2.22 bits per heavy atom. The summed E-state index contributed by atoms with van der Waals surface area (Å²) < 4.78 is 19.7. The molecule has 1 aliphatic carbocycles. The minimum atomic E-state index is -1.14. The second kappa shape index (κ2) is 7.90. The van der Waals surface area contributed by atoms with Crippen molar-refractivity contribution in [3.8, 4) is 0 Å². The molecule has 6 nitrogen and oxygen atoms in total. The first-order valence-electron chi connectivity index (χ1n) is 9.16. The lowest BCUT2D eigenvalue weighted by molar-refractivity contribution is -0.151. The zero-order chi connectivity index (χ0) is 18.8. The maximum atomic E-state index is 14.1. The molecule has 0 saturated heterocycles. The zero-order valence-electron chi connectivity index (χ0n) is 14.8. The van der Waals surface area contributed by atoms with Crippen molar-refractivity contribution in [1.82, 2.24) is 4.98 Å². The molecule has 1 saturated carbocycles. The number of nitrogens with zero attached hydrogens (tertiary/aromatic N) is 1. The van der Waals surface area contributed by atoms with Crippen LogP contribution in [0.15, 0.2) is 23.2 Å². The van der Waals surface area contributed by atoms with E-state index in [9.17, 15) is 14.3 Å². The highest BCUT2D eigenvalue weighted by Crippen LogP contribution is 2.31. The van der Waals surface area contributed by atoms with Gasteiger partial charge >= 0.3 is 5.97 Å². The lowest BCUT2D eigenvalue weighted by Crippen LogP contribution is -2.21. The Hall–Kier alpha value is -2.06. The van der Waals surface area contributed by atoms with Gasteiger partial charge in [-0.1, -0.05) is 12.8 Å². The molecule has 8 heteroatoms. The summed E-state index contributed by atoms with van der Waals surface area (Å²) in [6.45, 7) is 0.234. The number of aromatic amines is 1. The maximum Gasteiger partial charge on any atom is 0.339 e. The first-order chi connectivity index (χ1) is 13.1. The van der Waals surface area contributed by atoms with E-state index in [2.05, 4.69) is 15.3 Å². The van der Waals surface area contributed by atoms with Crippen molar-refractivity contribution < 1.29 is 19.0 Å². The standard InChI is InChI=1S/C19H22FN3O3S/c20-12-5-11-6-16(18(19(24)25)26-8-14-9-27-10-21-14)23-17(11)15(7-12)22-13-3-1-2-4-13/h5-7,10,13-14,18,22-23H,1-4,8-9H2,(H,24,25)/t14?,18-/m1/s1. The van der Waals surface area contributed by atoms with E-state index in [4.69, 9.17) is 4.74 Å². The van der Waals surface area contributed by atoms with Gasteiger partial charge in [0.25, 0.3) is 0 Å². The van der Waals surface area contributed by atoms with Crippen molar-refractivity contribution in [2.45, 2.75) is 43.9 Å². The molecule has 27 heavy (non-hydrogen) atoms. The molecule has 0 amide bonds. The largest absolute Gasteiger partial charge is 0.479 e. The number of carbonyl (C=O) groups is 1. The van der Waals surface area contributed by atoms with Crippen molar-refractivity contribution in [3.05, 3.63) is 29.7 Å². The number of thioether (sulfide) groups is 1. The Morgan fingerprint density at radius 3 is 2.93 bits per heavy atom. The van der Waals surface area contributed by atoms with Gasteiger partial charge in [0.2, 0.25) is 0 Å². The summed E-state index contributed by atoms with van der Waals surface area (Å²) in [6, 6.07) is 4.82. The van der Waals surface area contributed by atoms with Gasteiger partial charge in [-0.2, -0.15) is 0 Å². The Morgan fingerprint density at radius 1 is 1.41 bits per heavy atom. The maximum absolute atomic E-state index is 14.1. The fourth-order valence-corrected chi connectivity index (χ4v) is 4.44. The molecule has 1 aromatic carbocycles. The number of aromatic nitrogens is 1. The molecule has 4 rings (SSSR count). The minimum Gasteiger partial charge on any atom is -0.479 e. The molecule has 0 radical (unpaired) electrons. The van der Waals surface area contributed by atoms with Crippen LogP contribution in [0.25, 0.3) is 10.9 Å². The molecule has 1 aliphatic heterocycles. The Kier molecular flexibility index (Phi) is 5.36. The summed E-state index contributed by atoms with van der Waals surface area (Å²) >= 11 is 1.58. The summed E-state index contributed by atoms with van der Waals surface area (Å²) in [5, 5.41) is 13.6. The molecule has 3 N–H and O–H groups in total. The van der Waals surface area contributed by atoms with Crippen LogP contribution in [0.5, 0.6) is 0 Å². The monoisotopic (exact) mass is 391 g/mol. The first kappa shape index (κ1) is 18.3. The Bertz CT molecular complexity index is 863. The van der Waals surface area contributed by atoms with Crippen LogP contribution in [-0.2, 0) is 9.53 Å². The highest BCUT2D eigenvalue weighted by Gasteiger charge is 2.26. The number of halogens is 1. The van der Waals surface area contributed by atoms with Gasteiger partial charge in [0.15, 0.2) is 6.10 Å². The van der Waals surface area contributed by atoms with Crippen molar-refractivity contribution >= 4 is 39.9 Å². The van der Waals surface area contributed by atoms with Crippen LogP contribution >= 0.6 is 11.8 Å². The lowest BCUT2D eigenvalue weighted by atomic mass is 10.1. The van der Waals surface area contributed by atoms with E-state index < -0.39 is 12.1 Å². The minimum absolute atomic E-state index is 0.0294. The number of ether oxygens (including phenoxy) is 1. The van der Waals surface area contributed by atoms with E-state index >= 15 is 0 Å². The first-order valence-corrected chi connectivity index (χ1v) is 10.2. The fourth-order valence-electron chi connectivity index (χ4n) is 3.69. The van der Waals surface area contributed by atoms with Gasteiger partial charge < -0.3 is 20.1 Å². The molecule has 0 spiro atoms. The summed E-state index contributed by atoms with van der Waals surface area (Å²) in [6.07, 6.45) is 3.32. The molecular weight excluding hydrogens is 369 g/mol. The van der Waals surface area contributed by atoms with Gasteiger partial charge in [0.05, 0.1) is 35.1 Å². The topological polar surface area (TPSA) is 86.7 Å². The highest BCUT2D eigenvalue weighted by molar-refractivity contribution is 8.12. The van der Waals surface area contributed by atoms with Crippen molar-refractivity contribution in [3.63, 3.8) is 0 Å². The van der Waals surface area contributed by atoms with Gasteiger partial charge in [0, 0.05) is 17.2 Å². The lowest BCUT2D eigenvalue weighted by Gasteiger charge is -2.15. The second-order valence-electron chi connectivity index (χ2n) is 7.06. The molecule has 1 aromatic heterocycles. The number of aliphatic carboxylic acids is 1. The smallest absolute Gasteiger partial charge is 0.339 e. The van der Waals surface area contributed by atoms with Crippen LogP contribution in [0.3, 0.4) is 0 Å². The van der Waals surface area contributed by atoms with Crippen LogP contribution in [0.2, 0.25) is 0 Å². The summed E-state index contributed by atoms with van der Waals surface area (Å²) in [4.78, 5) is 19.1. The molecule has 1 unspecified atom stereocenters. The molecule has 1 fully saturated rings. The molecule has 2 aliphatic rings. The number of carboxylic acids is 1. The van der Waals surface area contributed by atoms with Crippen LogP contribution in [-0.4, -0.2) is 46.0 Å². The van der Waals surface area contributed by atoms with Crippen LogP contribution < -0.4 is 5.32 Å². The number of hydrogen-bond donors (Lipinski definition) is 3. The number of aliphatic imine (C=N–C) groups is 1. The number of fused-ring (bicyclic) bond motifs is 1. The molecule has 2 heterocycles. The van der Waals surface area contributed by atoms with Crippen LogP contribution in [0, 0.1) is 5.82 Å². The SMILES string of the molecule is O=C(O)[C@H](OCC1CSC=N1)c1cc2cc(F)cc(NC3CCCC3)c2[nH]1. The number of nitrogens with one attached hydrogen (secondary N) is 2. The van der Waals surface area contributed by atoms with E-state index in [1.807, 2.05) is 0 Å². The quantitative estimate of drug-likeness (QED) is 0.665. The van der Waals surface area contributed by atoms with E-state index in [1.54, 1.807) is 23.4 Å². The van der Waals surface area contributed by atoms with Crippen molar-refractivity contribution in [2.75, 3.05) is 17.7 Å². The molecule has 2 atom stereocenters. The predicted octanol–water partition coefficient (Wildman–Crippen LogP) is 3.95. The number of benzene rings is 1. The van der Waals surface area contributed by atoms with E-state index in [1.165, 1.54) is 25.0 Å². The summed E-state index contributed by atoms with van der Waals surface area (Å²) in [5.41, 5.74) is 3.55. The van der Waals surface area contributed by atoms with E-state index in [0.29, 0.717) is 28.3 Å². The van der Waals surface area contributed by atoms with Gasteiger partial charge in [-0.05, 0) is 31.0 Å². The summed E-state index contributed by atoms with van der Waals surface area (Å²) in [5.74, 6) is -0.639. The Balaban J connectivity index is 1.59. The number of carboxylic acid groups (broad SMARTS) is 1. The molecular formula is C19H22FN3O3S. The zero-order valence-corrected chi connectivity index (χ0v) is 15.6. The number of anilines is 1. The number of rotatable bonds is 7. The van der Waals surface area contributed by atoms with Crippen molar-refractivity contribution in [1.29, 1.82) is 0 Å². The number of H-pyrrole nitrogens is 1. The van der Waals surface area contributed by atoms with Crippen LogP contribution in [0.1, 0.15) is 37.5 Å². The average Bonchev–Trinajstić information content (AvgIpc) is 3.35. The second-order valence-corrected chi connectivity index (χ2v) is 7.94. The Labute approximate surface area is 160 Å².